The topological polar surface area (TPSA) is 82.1 Å². The molecule has 2 aliphatic rings. The molecule has 1 fully saturated rings. The van der Waals surface area contributed by atoms with Gasteiger partial charge in [0.1, 0.15) is 5.39 Å². The lowest BCUT2D eigenvalue weighted by Crippen LogP contribution is -2.48. The number of nitrogens with zero attached hydrogens (tertiary/aromatic N) is 5. The molecule has 0 saturated carbocycles. The van der Waals surface area contributed by atoms with Crippen LogP contribution in [0.25, 0.3) is 11.0 Å². The van der Waals surface area contributed by atoms with Gasteiger partial charge < -0.3 is 9.47 Å². The number of hydrogen-bond donors (Lipinski definition) is 0. The van der Waals surface area contributed by atoms with E-state index in [2.05, 4.69) is 9.88 Å². The van der Waals surface area contributed by atoms with Crippen molar-refractivity contribution in [3.05, 3.63) is 66.8 Å². The van der Waals surface area contributed by atoms with Crippen LogP contribution >= 0.6 is 0 Å². The van der Waals surface area contributed by atoms with Crippen molar-refractivity contribution in [2.75, 3.05) is 18.0 Å². The molecule has 2 unspecified atom stereocenters. The molecule has 2 bridgehead atoms. The van der Waals surface area contributed by atoms with Gasteiger partial charge in [0.05, 0.1) is 5.69 Å². The van der Waals surface area contributed by atoms with Crippen LogP contribution in [0.15, 0.2) is 38.8 Å². The van der Waals surface area contributed by atoms with Crippen molar-refractivity contribution in [3.63, 3.8) is 0 Å². The minimum absolute atomic E-state index is 0.0556. The van der Waals surface area contributed by atoms with Crippen LogP contribution < -0.4 is 21.7 Å². The lowest BCUT2D eigenvalue weighted by Gasteiger charge is -2.44. The molecule has 8 heteroatoms. The summed E-state index contributed by atoms with van der Waals surface area (Å²) in [6, 6.07) is 5.48. The zero-order valence-corrected chi connectivity index (χ0v) is 16.8. The lowest BCUT2D eigenvalue weighted by atomic mass is 9.82. The van der Waals surface area contributed by atoms with Gasteiger partial charge in [-0.25, -0.2) is 9.78 Å². The number of rotatable bonds is 1. The molecule has 29 heavy (non-hydrogen) atoms. The number of piperidine rings is 1. The Morgan fingerprint density at radius 2 is 1.83 bits per heavy atom. The summed E-state index contributed by atoms with van der Waals surface area (Å²) in [5, 5.41) is 0.486. The zero-order chi connectivity index (χ0) is 20.4. The summed E-state index contributed by atoms with van der Waals surface area (Å²) in [6.45, 7) is 4.14. The van der Waals surface area contributed by atoms with E-state index >= 15 is 0 Å². The summed E-state index contributed by atoms with van der Waals surface area (Å²) >= 11 is 0. The fourth-order valence-electron chi connectivity index (χ4n) is 5.09. The van der Waals surface area contributed by atoms with Gasteiger partial charge in [-0.3, -0.25) is 18.7 Å². The lowest BCUT2D eigenvalue weighted by molar-refractivity contribution is 0.281. The minimum atomic E-state index is -0.381. The second-order valence-electron chi connectivity index (χ2n) is 8.30. The first kappa shape index (κ1) is 17.9. The maximum absolute atomic E-state index is 13.0. The molecule has 0 amide bonds. The van der Waals surface area contributed by atoms with Crippen LogP contribution in [0.3, 0.4) is 0 Å². The van der Waals surface area contributed by atoms with E-state index in [0.717, 1.165) is 41.0 Å². The van der Waals surface area contributed by atoms with Gasteiger partial charge in [0.15, 0.2) is 5.65 Å². The van der Waals surface area contributed by atoms with Crippen LogP contribution in [-0.2, 0) is 20.6 Å². The molecule has 0 aliphatic carbocycles. The van der Waals surface area contributed by atoms with Crippen molar-refractivity contribution in [2.45, 2.75) is 25.8 Å². The van der Waals surface area contributed by atoms with Crippen LogP contribution in [0.1, 0.15) is 23.6 Å². The van der Waals surface area contributed by atoms with Gasteiger partial charge in [-0.15, -0.1) is 0 Å². The summed E-state index contributed by atoms with van der Waals surface area (Å²) < 4.78 is 4.47. The van der Waals surface area contributed by atoms with Gasteiger partial charge in [-0.2, -0.15) is 0 Å². The highest BCUT2D eigenvalue weighted by Crippen LogP contribution is 2.39. The van der Waals surface area contributed by atoms with E-state index in [4.69, 9.17) is 0 Å². The predicted octanol–water partition coefficient (Wildman–Crippen LogP) is 0.726. The van der Waals surface area contributed by atoms with Gasteiger partial charge in [0.2, 0.25) is 0 Å². The van der Waals surface area contributed by atoms with Crippen molar-refractivity contribution in [2.24, 2.45) is 20.0 Å². The molecular weight excluding hydrogens is 370 g/mol. The van der Waals surface area contributed by atoms with E-state index in [1.807, 2.05) is 23.6 Å². The van der Waals surface area contributed by atoms with E-state index < -0.39 is 0 Å². The first-order valence-electron chi connectivity index (χ1n) is 9.87. The molecule has 2 atom stereocenters. The highest BCUT2D eigenvalue weighted by Gasteiger charge is 2.36. The number of fused-ring (bicyclic) bond motifs is 5. The molecule has 5 heterocycles. The first-order valence-corrected chi connectivity index (χ1v) is 9.87. The second-order valence-corrected chi connectivity index (χ2v) is 8.30. The third-order valence-electron chi connectivity index (χ3n) is 6.42. The van der Waals surface area contributed by atoms with Gasteiger partial charge in [0, 0.05) is 57.6 Å². The Morgan fingerprint density at radius 3 is 2.62 bits per heavy atom. The predicted molar refractivity (Wildman–Crippen MR) is 111 cm³/mol. The molecule has 8 nitrogen and oxygen atoms in total. The number of hydrogen-bond acceptors (Lipinski definition) is 5. The van der Waals surface area contributed by atoms with Crippen molar-refractivity contribution < 1.29 is 0 Å². The monoisotopic (exact) mass is 393 g/mol. The standard InChI is InChI=1S/C21H23N5O3/c1-12-8-22-19-17(20(28)24(3)21(29)23(19)2)18(12)25-9-13-7-14(11-25)15-5-4-6-16(27)26(15)10-13/h4-6,8,13-14H,7,9-11H2,1-3H3. The number of pyridine rings is 2. The van der Waals surface area contributed by atoms with Crippen LogP contribution in [0.5, 0.6) is 0 Å². The fourth-order valence-corrected chi connectivity index (χ4v) is 5.09. The number of aryl methyl sites for hydroxylation is 2. The van der Waals surface area contributed by atoms with E-state index in [0.29, 0.717) is 23.5 Å². The number of anilines is 1. The summed E-state index contributed by atoms with van der Waals surface area (Å²) in [4.78, 5) is 44.3. The van der Waals surface area contributed by atoms with E-state index in [1.54, 1.807) is 19.3 Å². The molecule has 0 radical (unpaired) electrons. The quantitative estimate of drug-likeness (QED) is 0.609. The minimum Gasteiger partial charge on any atom is -0.369 e. The molecule has 0 N–H and O–H groups in total. The van der Waals surface area contributed by atoms with Crippen molar-refractivity contribution >= 4 is 16.7 Å². The molecule has 3 aromatic rings. The fraction of sp³-hybridized carbons (Fsp3) is 0.429. The van der Waals surface area contributed by atoms with Crippen molar-refractivity contribution in [1.29, 1.82) is 0 Å². The third kappa shape index (κ3) is 2.51. The SMILES string of the molecule is Cc1cnc2c(c1N1CC3CC(C1)c1cccc(=O)n1C3)c(=O)n(C)c(=O)n2C. The Hall–Kier alpha value is -3.16. The average Bonchev–Trinajstić information content (AvgIpc) is 2.71. The molecule has 5 rings (SSSR count). The Kier molecular flexibility index (Phi) is 3.81. The first-order chi connectivity index (χ1) is 13.9. The van der Waals surface area contributed by atoms with Crippen LogP contribution in [0.4, 0.5) is 5.69 Å². The Balaban J connectivity index is 1.70. The molecule has 0 spiro atoms. The molecule has 3 aromatic heterocycles. The van der Waals surface area contributed by atoms with Gasteiger partial charge in [-0.1, -0.05) is 6.07 Å². The van der Waals surface area contributed by atoms with Gasteiger partial charge >= 0.3 is 5.69 Å². The van der Waals surface area contributed by atoms with E-state index in [9.17, 15) is 14.4 Å². The average molecular weight is 393 g/mol. The maximum Gasteiger partial charge on any atom is 0.332 e. The zero-order valence-electron chi connectivity index (χ0n) is 16.8. The highest BCUT2D eigenvalue weighted by atomic mass is 16.2. The van der Waals surface area contributed by atoms with Gasteiger partial charge in [0.25, 0.3) is 11.1 Å². The molecule has 0 aromatic carbocycles. The highest BCUT2D eigenvalue weighted by molar-refractivity contribution is 5.90. The van der Waals surface area contributed by atoms with E-state index in [-0.39, 0.29) is 22.7 Å². The summed E-state index contributed by atoms with van der Waals surface area (Å²) in [5.41, 5.74) is 2.60. The van der Waals surface area contributed by atoms with Crippen LogP contribution in [0, 0.1) is 12.8 Å². The second kappa shape index (κ2) is 6.17. The normalized spacial score (nSPS) is 20.7. The summed E-state index contributed by atoms with van der Waals surface area (Å²) in [5.74, 6) is 0.566. The van der Waals surface area contributed by atoms with Crippen LogP contribution in [0.2, 0.25) is 0 Å². The Labute approximate surface area is 166 Å². The van der Waals surface area contributed by atoms with Crippen LogP contribution in [-0.4, -0.2) is 31.8 Å². The Bertz CT molecular complexity index is 1330. The van der Waals surface area contributed by atoms with Gasteiger partial charge in [-0.05, 0) is 30.9 Å². The largest absolute Gasteiger partial charge is 0.369 e. The Morgan fingerprint density at radius 1 is 1.03 bits per heavy atom. The molecular formula is C21H23N5O3. The summed E-state index contributed by atoms with van der Waals surface area (Å²) in [6.07, 6.45) is 2.78. The number of aromatic nitrogens is 4. The smallest absolute Gasteiger partial charge is 0.332 e. The summed E-state index contributed by atoms with van der Waals surface area (Å²) in [7, 11) is 3.15. The van der Waals surface area contributed by atoms with Crippen molar-refractivity contribution in [3.8, 4) is 0 Å². The van der Waals surface area contributed by atoms with E-state index in [1.165, 1.54) is 11.6 Å². The molecule has 150 valence electrons. The third-order valence-corrected chi connectivity index (χ3v) is 6.42. The molecule has 1 saturated heterocycles. The maximum atomic E-state index is 13.0. The molecule has 2 aliphatic heterocycles. The van der Waals surface area contributed by atoms with Crippen molar-refractivity contribution in [1.82, 2.24) is 18.7 Å².